The lowest BCUT2D eigenvalue weighted by Crippen LogP contribution is -2.26. The number of sulfonamides is 2. The highest BCUT2D eigenvalue weighted by Gasteiger charge is 2.30. The van der Waals surface area contributed by atoms with Gasteiger partial charge >= 0.3 is 0 Å². The molecule has 1 aliphatic rings. The third-order valence-electron chi connectivity index (χ3n) is 6.97. The second kappa shape index (κ2) is 11.5. The van der Waals surface area contributed by atoms with Crippen LogP contribution in [0.3, 0.4) is 0 Å². The van der Waals surface area contributed by atoms with Gasteiger partial charge in [-0.1, -0.05) is 30.3 Å². The van der Waals surface area contributed by atoms with Gasteiger partial charge < -0.3 is 14.8 Å². The lowest BCUT2D eigenvalue weighted by Gasteiger charge is -2.18. The lowest BCUT2D eigenvalue weighted by atomic mass is 10.0. The van der Waals surface area contributed by atoms with Gasteiger partial charge in [0.2, 0.25) is 20.0 Å². The molecule has 44 heavy (non-hydrogen) atoms. The van der Waals surface area contributed by atoms with Crippen molar-refractivity contribution in [1.82, 2.24) is 9.71 Å². The van der Waals surface area contributed by atoms with Gasteiger partial charge in [-0.2, -0.15) is 0 Å². The number of aromatic nitrogens is 1. The number of methoxy groups -OCH3 is 1. The number of pyridine rings is 1. The molecule has 0 unspecified atom stereocenters. The fraction of sp³-hybridized carbons (Fsp3) is 0.129. The zero-order chi connectivity index (χ0) is 31.1. The molecule has 226 valence electrons. The van der Waals surface area contributed by atoms with E-state index in [-0.39, 0.29) is 38.7 Å². The van der Waals surface area contributed by atoms with Gasteiger partial charge in [0.15, 0.2) is 0 Å². The Morgan fingerprint density at radius 1 is 0.909 bits per heavy atom. The van der Waals surface area contributed by atoms with E-state index in [9.17, 15) is 21.2 Å². The van der Waals surface area contributed by atoms with Gasteiger partial charge in [0.25, 0.3) is 0 Å². The van der Waals surface area contributed by atoms with Crippen molar-refractivity contribution in [1.29, 1.82) is 0 Å². The summed E-state index contributed by atoms with van der Waals surface area (Å²) < 4.78 is 79.2. The number of primary sulfonamides is 1. The van der Waals surface area contributed by atoms with Gasteiger partial charge in [0.05, 0.1) is 23.2 Å². The number of anilines is 2. The zero-order valence-corrected chi connectivity index (χ0v) is 25.0. The topological polar surface area (TPSA) is 150 Å². The van der Waals surface area contributed by atoms with Crippen LogP contribution >= 0.6 is 0 Å². The van der Waals surface area contributed by atoms with Crippen LogP contribution in [0.1, 0.15) is 12.8 Å². The Balaban J connectivity index is 1.49. The van der Waals surface area contributed by atoms with Crippen molar-refractivity contribution in [3.8, 4) is 28.4 Å². The molecule has 0 amide bonds. The van der Waals surface area contributed by atoms with E-state index in [1.54, 1.807) is 13.2 Å². The molecule has 4 aromatic carbocycles. The van der Waals surface area contributed by atoms with E-state index in [2.05, 4.69) is 15.0 Å². The van der Waals surface area contributed by atoms with Crippen molar-refractivity contribution in [3.63, 3.8) is 0 Å². The first-order valence-electron chi connectivity index (χ1n) is 13.5. The maximum absolute atomic E-state index is 13.5. The Kier molecular flexibility index (Phi) is 7.72. The van der Waals surface area contributed by atoms with E-state index in [1.165, 1.54) is 48.7 Å². The molecule has 4 N–H and O–H groups in total. The Morgan fingerprint density at radius 2 is 1.66 bits per heavy atom. The van der Waals surface area contributed by atoms with Crippen molar-refractivity contribution in [2.45, 2.75) is 28.7 Å². The van der Waals surface area contributed by atoms with Gasteiger partial charge in [-0.3, -0.25) is 4.98 Å². The molecular weight excluding hydrogens is 607 g/mol. The van der Waals surface area contributed by atoms with E-state index in [0.29, 0.717) is 16.7 Å². The highest BCUT2D eigenvalue weighted by Crippen LogP contribution is 2.38. The van der Waals surface area contributed by atoms with Crippen LogP contribution in [0, 0.1) is 5.82 Å². The molecule has 1 aliphatic carbocycles. The molecular formula is C31H27FN4O6S2. The summed E-state index contributed by atoms with van der Waals surface area (Å²) >= 11 is 0. The SMILES string of the molecule is COc1ccccc1-c1ccc2c(Nc3cc(Oc4ccc(F)cc4)cc(S(N)(=O)=O)c3)c(S(=O)(=O)NC3CC3)cnc2c1. The Hall–Kier alpha value is -4.56. The number of benzene rings is 4. The highest BCUT2D eigenvalue weighted by atomic mass is 32.2. The van der Waals surface area contributed by atoms with Crippen LogP contribution in [-0.4, -0.2) is 35.0 Å². The summed E-state index contributed by atoms with van der Waals surface area (Å²) in [7, 11) is -6.65. The van der Waals surface area contributed by atoms with Gasteiger partial charge in [0, 0.05) is 41.0 Å². The summed E-state index contributed by atoms with van der Waals surface area (Å²) in [5, 5.41) is 9.02. The number of para-hydroxylation sites is 1. The minimum atomic E-state index is -4.21. The fourth-order valence-electron chi connectivity index (χ4n) is 4.69. The van der Waals surface area contributed by atoms with Crippen LogP contribution in [0.2, 0.25) is 0 Å². The molecule has 0 radical (unpaired) electrons. The number of hydrogen-bond donors (Lipinski definition) is 3. The first-order chi connectivity index (χ1) is 21.0. The first-order valence-corrected chi connectivity index (χ1v) is 16.5. The Bertz CT molecular complexity index is 2100. The summed E-state index contributed by atoms with van der Waals surface area (Å²) in [5.41, 5.74) is 2.45. The predicted molar refractivity (Wildman–Crippen MR) is 165 cm³/mol. The summed E-state index contributed by atoms with van der Waals surface area (Å²) in [4.78, 5) is 4.08. The van der Waals surface area contributed by atoms with Crippen molar-refractivity contribution in [2.75, 3.05) is 12.4 Å². The molecule has 0 atom stereocenters. The van der Waals surface area contributed by atoms with E-state index in [1.807, 2.05) is 36.4 Å². The third kappa shape index (κ3) is 6.36. The Labute approximate surface area is 253 Å². The molecule has 0 saturated heterocycles. The van der Waals surface area contributed by atoms with Gasteiger partial charge in [0.1, 0.15) is 28.0 Å². The molecule has 6 rings (SSSR count). The van der Waals surface area contributed by atoms with Gasteiger partial charge in [-0.15, -0.1) is 0 Å². The van der Waals surface area contributed by atoms with Crippen molar-refractivity contribution in [2.24, 2.45) is 5.14 Å². The van der Waals surface area contributed by atoms with Crippen LogP contribution in [-0.2, 0) is 20.0 Å². The van der Waals surface area contributed by atoms with Crippen LogP contribution in [0.15, 0.2) is 101 Å². The fourth-order valence-corrected chi connectivity index (χ4v) is 6.69. The summed E-state index contributed by atoms with van der Waals surface area (Å²) in [5.74, 6) is 0.513. The zero-order valence-electron chi connectivity index (χ0n) is 23.3. The van der Waals surface area contributed by atoms with Crippen LogP contribution in [0.25, 0.3) is 22.0 Å². The molecule has 13 heteroatoms. The normalized spacial score (nSPS) is 13.5. The van der Waals surface area contributed by atoms with E-state index in [0.717, 1.165) is 24.0 Å². The molecule has 1 saturated carbocycles. The molecule has 1 heterocycles. The molecule has 10 nitrogen and oxygen atoms in total. The molecule has 5 aromatic rings. The first kappa shape index (κ1) is 29.5. The molecule has 1 aromatic heterocycles. The number of nitrogens with two attached hydrogens (primary N) is 1. The Morgan fingerprint density at radius 3 is 2.36 bits per heavy atom. The summed E-state index contributed by atoms with van der Waals surface area (Å²) in [6.07, 6.45) is 2.72. The summed E-state index contributed by atoms with van der Waals surface area (Å²) in [6, 6.07) is 21.8. The second-order valence-corrected chi connectivity index (χ2v) is 13.5. The molecule has 1 fully saturated rings. The number of rotatable bonds is 10. The van der Waals surface area contributed by atoms with Crippen LogP contribution in [0.5, 0.6) is 17.2 Å². The molecule has 0 aliphatic heterocycles. The van der Waals surface area contributed by atoms with Gasteiger partial charge in [-0.25, -0.2) is 31.1 Å². The van der Waals surface area contributed by atoms with Crippen molar-refractivity contribution >= 4 is 42.3 Å². The van der Waals surface area contributed by atoms with Crippen molar-refractivity contribution in [3.05, 3.63) is 96.9 Å². The van der Waals surface area contributed by atoms with Crippen LogP contribution in [0.4, 0.5) is 15.8 Å². The summed E-state index contributed by atoms with van der Waals surface area (Å²) in [6.45, 7) is 0. The average molecular weight is 635 g/mol. The minimum absolute atomic E-state index is 0.0722. The van der Waals surface area contributed by atoms with Gasteiger partial charge in [-0.05, 0) is 60.9 Å². The standard InChI is InChI=1S/C31H27FN4O6S2/c1-41-29-5-3-2-4-26(29)19-6-13-27-28(14-19)34-18-30(44(39,40)36-21-9-10-21)31(27)35-22-15-24(17-25(16-22)43(33,37)38)42-23-11-7-20(32)8-12-23/h2-8,11-18,21,36H,9-10H2,1H3,(H,34,35)(H2,33,37,38). The lowest BCUT2D eigenvalue weighted by molar-refractivity contribution is 0.416. The maximum atomic E-state index is 13.5. The van der Waals surface area contributed by atoms with Crippen molar-refractivity contribution < 1.29 is 30.7 Å². The second-order valence-electron chi connectivity index (χ2n) is 10.2. The van der Waals surface area contributed by atoms with Crippen LogP contribution < -0.4 is 24.7 Å². The maximum Gasteiger partial charge on any atom is 0.244 e. The largest absolute Gasteiger partial charge is 0.496 e. The number of nitrogens with zero attached hydrogens (tertiary/aromatic N) is 1. The predicted octanol–water partition coefficient (Wildman–Crippen LogP) is 5.67. The number of halogens is 1. The smallest absolute Gasteiger partial charge is 0.244 e. The highest BCUT2D eigenvalue weighted by molar-refractivity contribution is 7.89. The number of hydrogen-bond acceptors (Lipinski definition) is 8. The molecule has 0 spiro atoms. The average Bonchev–Trinajstić information content (AvgIpc) is 3.81. The van der Waals surface area contributed by atoms with E-state index >= 15 is 0 Å². The third-order valence-corrected chi connectivity index (χ3v) is 9.39. The number of nitrogens with one attached hydrogen (secondary N) is 2. The van der Waals surface area contributed by atoms with E-state index in [4.69, 9.17) is 14.6 Å². The minimum Gasteiger partial charge on any atom is -0.496 e. The number of ether oxygens (including phenoxy) is 2. The number of fused-ring (bicyclic) bond motifs is 1. The van der Waals surface area contributed by atoms with E-state index < -0.39 is 25.9 Å². The monoisotopic (exact) mass is 634 g/mol. The molecule has 0 bridgehead atoms. The quantitative estimate of drug-likeness (QED) is 0.178.